The van der Waals surface area contributed by atoms with Crippen LogP contribution >= 0.6 is 11.8 Å². The van der Waals surface area contributed by atoms with E-state index in [0.717, 1.165) is 36.7 Å². The van der Waals surface area contributed by atoms with Gasteiger partial charge in [-0.15, -0.1) is 0 Å². The second kappa shape index (κ2) is 6.36. The Hall–Kier alpha value is -2.08. The van der Waals surface area contributed by atoms with Gasteiger partial charge in [0.2, 0.25) is 0 Å². The van der Waals surface area contributed by atoms with E-state index in [4.69, 9.17) is 5.11 Å². The van der Waals surface area contributed by atoms with Crippen LogP contribution in [0.1, 0.15) is 35.2 Å². The molecule has 1 saturated heterocycles. The molecule has 1 aromatic carbocycles. The molecule has 1 amide bonds. The first-order valence-corrected chi connectivity index (χ1v) is 8.06. The third-order valence-corrected chi connectivity index (χ3v) is 4.74. The third kappa shape index (κ3) is 3.22. The SMILES string of the molecule is O=C1N=C(N2CCCCC2)S/C1=C\c1ccc(C(=O)O)cc1. The zero-order valence-electron chi connectivity index (χ0n) is 12.0. The maximum atomic E-state index is 12.0. The molecule has 2 aliphatic rings. The Balaban J connectivity index is 1.73. The molecule has 1 N–H and O–H groups in total. The minimum Gasteiger partial charge on any atom is -0.478 e. The molecule has 5 nitrogen and oxygen atoms in total. The molecule has 1 aromatic rings. The number of benzene rings is 1. The highest BCUT2D eigenvalue weighted by Crippen LogP contribution is 2.31. The summed E-state index contributed by atoms with van der Waals surface area (Å²) in [5, 5.41) is 9.67. The Bertz CT molecular complexity index is 658. The van der Waals surface area contributed by atoms with Gasteiger partial charge in [-0.05, 0) is 54.8 Å². The van der Waals surface area contributed by atoms with Crippen molar-refractivity contribution in [3.8, 4) is 0 Å². The molecule has 0 bridgehead atoms. The van der Waals surface area contributed by atoms with E-state index < -0.39 is 5.97 Å². The van der Waals surface area contributed by atoms with Crippen LogP contribution in [0, 0.1) is 0 Å². The number of amides is 1. The van der Waals surface area contributed by atoms with E-state index in [1.807, 2.05) is 0 Å². The van der Waals surface area contributed by atoms with Gasteiger partial charge >= 0.3 is 5.97 Å². The number of aliphatic imine (C=N–C) groups is 1. The summed E-state index contributed by atoms with van der Waals surface area (Å²) in [6.45, 7) is 1.92. The summed E-state index contributed by atoms with van der Waals surface area (Å²) >= 11 is 1.40. The Morgan fingerprint density at radius 3 is 2.50 bits per heavy atom. The normalized spacial score (nSPS) is 20.4. The van der Waals surface area contributed by atoms with Crippen LogP contribution in [0.5, 0.6) is 0 Å². The molecular weight excluding hydrogens is 300 g/mol. The van der Waals surface area contributed by atoms with E-state index >= 15 is 0 Å². The zero-order chi connectivity index (χ0) is 15.5. The number of nitrogens with zero attached hydrogens (tertiary/aromatic N) is 2. The first kappa shape index (κ1) is 14.8. The lowest BCUT2D eigenvalue weighted by molar-refractivity contribution is -0.113. The van der Waals surface area contributed by atoms with Crippen molar-refractivity contribution >= 4 is 34.9 Å². The second-order valence-corrected chi connectivity index (χ2v) is 6.29. The van der Waals surface area contributed by atoms with Crippen molar-refractivity contribution in [1.82, 2.24) is 4.90 Å². The van der Waals surface area contributed by atoms with Crippen molar-refractivity contribution in [2.75, 3.05) is 13.1 Å². The van der Waals surface area contributed by atoms with Gasteiger partial charge in [-0.2, -0.15) is 4.99 Å². The molecule has 2 aliphatic heterocycles. The van der Waals surface area contributed by atoms with E-state index in [0.29, 0.717) is 4.91 Å². The van der Waals surface area contributed by atoms with Gasteiger partial charge in [-0.25, -0.2) is 4.79 Å². The first-order chi connectivity index (χ1) is 10.6. The van der Waals surface area contributed by atoms with Gasteiger partial charge in [0, 0.05) is 13.1 Å². The van der Waals surface area contributed by atoms with Gasteiger partial charge in [0.15, 0.2) is 5.17 Å². The second-order valence-electron chi connectivity index (χ2n) is 5.29. The molecule has 0 unspecified atom stereocenters. The monoisotopic (exact) mass is 316 g/mol. The Kier molecular flexibility index (Phi) is 4.29. The van der Waals surface area contributed by atoms with Crippen LogP contribution in [0.15, 0.2) is 34.2 Å². The topological polar surface area (TPSA) is 70.0 Å². The molecule has 22 heavy (non-hydrogen) atoms. The fourth-order valence-electron chi connectivity index (χ4n) is 2.49. The quantitative estimate of drug-likeness (QED) is 0.850. The number of thioether (sulfide) groups is 1. The molecule has 114 valence electrons. The molecule has 0 aromatic heterocycles. The van der Waals surface area contributed by atoms with Crippen molar-refractivity contribution in [3.05, 3.63) is 40.3 Å². The number of hydrogen-bond donors (Lipinski definition) is 1. The van der Waals surface area contributed by atoms with Crippen molar-refractivity contribution < 1.29 is 14.7 Å². The largest absolute Gasteiger partial charge is 0.478 e. The third-order valence-electron chi connectivity index (χ3n) is 3.69. The van der Waals surface area contributed by atoms with Crippen LogP contribution in [0.25, 0.3) is 6.08 Å². The molecule has 3 rings (SSSR count). The molecule has 0 aliphatic carbocycles. The van der Waals surface area contributed by atoms with Crippen molar-refractivity contribution in [1.29, 1.82) is 0 Å². The fourth-order valence-corrected chi connectivity index (χ4v) is 3.46. The standard InChI is InChI=1S/C16H16N2O3S/c19-14-13(10-11-4-6-12(7-5-11)15(20)21)22-16(17-14)18-8-2-1-3-9-18/h4-7,10H,1-3,8-9H2,(H,20,21)/b13-10-. The number of likely N-dealkylation sites (tertiary alicyclic amines) is 1. The van der Waals surface area contributed by atoms with Gasteiger partial charge < -0.3 is 10.0 Å². The van der Waals surface area contributed by atoms with Crippen LogP contribution in [0.3, 0.4) is 0 Å². The van der Waals surface area contributed by atoms with Crippen LogP contribution in [-0.2, 0) is 4.79 Å². The highest BCUT2D eigenvalue weighted by molar-refractivity contribution is 8.18. The molecule has 0 atom stereocenters. The molecule has 6 heteroatoms. The van der Waals surface area contributed by atoms with E-state index in [2.05, 4.69) is 9.89 Å². The Morgan fingerprint density at radius 2 is 1.86 bits per heavy atom. The molecule has 2 heterocycles. The van der Waals surface area contributed by atoms with Gasteiger partial charge in [-0.1, -0.05) is 12.1 Å². The minimum atomic E-state index is -0.957. The number of carbonyl (C=O) groups excluding carboxylic acids is 1. The van der Waals surface area contributed by atoms with E-state index in [9.17, 15) is 9.59 Å². The maximum absolute atomic E-state index is 12.0. The highest BCUT2D eigenvalue weighted by Gasteiger charge is 2.26. The summed E-state index contributed by atoms with van der Waals surface area (Å²) in [4.78, 5) is 29.7. The summed E-state index contributed by atoms with van der Waals surface area (Å²) in [5.41, 5.74) is 1.04. The fraction of sp³-hybridized carbons (Fsp3) is 0.312. The van der Waals surface area contributed by atoms with Crippen LogP contribution in [0.4, 0.5) is 0 Å². The summed E-state index contributed by atoms with van der Waals surface area (Å²) in [5.74, 6) is -1.17. The summed E-state index contributed by atoms with van der Waals surface area (Å²) < 4.78 is 0. The van der Waals surface area contributed by atoms with E-state index in [-0.39, 0.29) is 11.5 Å². The average Bonchev–Trinajstić information content (AvgIpc) is 2.90. The molecule has 0 spiro atoms. The number of carboxylic acids is 1. The molecule has 0 saturated carbocycles. The zero-order valence-corrected chi connectivity index (χ0v) is 12.8. The predicted molar refractivity (Wildman–Crippen MR) is 86.8 cm³/mol. The number of carbonyl (C=O) groups is 2. The van der Waals surface area contributed by atoms with Gasteiger partial charge in [-0.3, -0.25) is 4.79 Å². The molecule has 0 radical (unpaired) electrons. The van der Waals surface area contributed by atoms with Crippen LogP contribution in [-0.4, -0.2) is 40.1 Å². The first-order valence-electron chi connectivity index (χ1n) is 7.24. The van der Waals surface area contributed by atoms with Crippen LogP contribution in [0.2, 0.25) is 0 Å². The smallest absolute Gasteiger partial charge is 0.335 e. The molecular formula is C16H16N2O3S. The van der Waals surface area contributed by atoms with Crippen LogP contribution < -0.4 is 0 Å². The summed E-state index contributed by atoms with van der Waals surface area (Å²) in [6, 6.07) is 6.46. The summed E-state index contributed by atoms with van der Waals surface area (Å²) in [7, 11) is 0. The van der Waals surface area contributed by atoms with E-state index in [1.54, 1.807) is 18.2 Å². The van der Waals surface area contributed by atoms with Gasteiger partial charge in [0.1, 0.15) is 0 Å². The number of amidine groups is 1. The summed E-state index contributed by atoms with van der Waals surface area (Å²) in [6.07, 6.45) is 5.28. The number of rotatable bonds is 2. The lowest BCUT2D eigenvalue weighted by Gasteiger charge is -2.27. The predicted octanol–water partition coefficient (Wildman–Crippen LogP) is 2.84. The maximum Gasteiger partial charge on any atom is 0.335 e. The van der Waals surface area contributed by atoms with Crippen molar-refractivity contribution in [2.45, 2.75) is 19.3 Å². The lowest BCUT2D eigenvalue weighted by Crippen LogP contribution is -2.33. The number of piperidine rings is 1. The van der Waals surface area contributed by atoms with Gasteiger partial charge in [0.05, 0.1) is 10.5 Å². The van der Waals surface area contributed by atoms with Crippen molar-refractivity contribution in [3.63, 3.8) is 0 Å². The van der Waals surface area contributed by atoms with Crippen molar-refractivity contribution in [2.24, 2.45) is 4.99 Å². The lowest BCUT2D eigenvalue weighted by atomic mass is 10.1. The minimum absolute atomic E-state index is 0.215. The van der Waals surface area contributed by atoms with Gasteiger partial charge in [0.25, 0.3) is 5.91 Å². The average molecular weight is 316 g/mol. The number of aromatic carboxylic acids is 1. The van der Waals surface area contributed by atoms with E-state index in [1.165, 1.54) is 30.3 Å². The Labute approximate surface area is 132 Å². The number of hydrogen-bond acceptors (Lipinski definition) is 4. The number of carboxylic acid groups (broad SMARTS) is 1. The Morgan fingerprint density at radius 1 is 1.18 bits per heavy atom. The highest BCUT2D eigenvalue weighted by atomic mass is 32.2. The molecule has 1 fully saturated rings.